The third-order valence-corrected chi connectivity index (χ3v) is 8.67. The molecule has 1 fully saturated rings. The van der Waals surface area contributed by atoms with Gasteiger partial charge in [-0.25, -0.2) is 18.1 Å². The normalized spacial score (nSPS) is 16.3. The van der Waals surface area contributed by atoms with E-state index in [1.54, 1.807) is 57.2 Å². The lowest BCUT2D eigenvalue weighted by Crippen LogP contribution is -2.15. The van der Waals surface area contributed by atoms with Gasteiger partial charge in [0.1, 0.15) is 5.75 Å². The highest BCUT2D eigenvalue weighted by Crippen LogP contribution is 2.36. The fraction of sp³-hybridized carbons (Fsp3) is 0.321. The van der Waals surface area contributed by atoms with Crippen LogP contribution in [0.2, 0.25) is 0 Å². The van der Waals surface area contributed by atoms with Crippen LogP contribution in [0.15, 0.2) is 42.5 Å². The Morgan fingerprint density at radius 3 is 2.36 bits per heavy atom. The average Bonchev–Trinajstić information content (AvgIpc) is 3.46. The number of ether oxygens (including phenoxy) is 3. The van der Waals surface area contributed by atoms with Crippen LogP contribution in [-0.4, -0.2) is 61.9 Å². The first-order valence-corrected chi connectivity index (χ1v) is 14.2. The standard InChI is InChI=1S/C28H30N4O6S/c1-16-6-8-23(36-3)22(12-16)30-28(33)20-14-21(18-7-9-24(37-4)25(13-18)38-5)29-27-26(20)17(2)31-32(27)19-10-11-39(34,35)15-19/h6-9,12-14,19H,10-11,15H2,1-5H3,(H,30,33). The Bertz CT molecular complexity index is 1700. The molecule has 0 radical (unpaired) electrons. The highest BCUT2D eigenvalue weighted by molar-refractivity contribution is 7.91. The van der Waals surface area contributed by atoms with Crippen LogP contribution in [0.1, 0.15) is 34.1 Å². The van der Waals surface area contributed by atoms with E-state index in [4.69, 9.17) is 19.2 Å². The molecular weight excluding hydrogens is 520 g/mol. The number of pyridine rings is 1. The van der Waals surface area contributed by atoms with Crippen molar-refractivity contribution in [1.82, 2.24) is 14.8 Å². The van der Waals surface area contributed by atoms with Crippen LogP contribution in [0, 0.1) is 13.8 Å². The molecule has 5 rings (SSSR count). The number of sulfone groups is 1. The van der Waals surface area contributed by atoms with E-state index < -0.39 is 9.84 Å². The molecule has 1 N–H and O–H groups in total. The molecule has 10 nitrogen and oxygen atoms in total. The van der Waals surface area contributed by atoms with Crippen molar-refractivity contribution >= 4 is 32.5 Å². The first kappa shape index (κ1) is 26.5. The van der Waals surface area contributed by atoms with Gasteiger partial charge >= 0.3 is 0 Å². The molecule has 1 saturated heterocycles. The lowest BCUT2D eigenvalue weighted by atomic mass is 10.0. The Labute approximate surface area is 226 Å². The fourth-order valence-corrected chi connectivity index (χ4v) is 6.66. The average molecular weight is 551 g/mol. The number of hydrogen-bond donors (Lipinski definition) is 1. The van der Waals surface area contributed by atoms with E-state index in [-0.39, 0.29) is 23.5 Å². The minimum Gasteiger partial charge on any atom is -0.495 e. The third-order valence-electron chi connectivity index (χ3n) is 6.92. The molecule has 204 valence electrons. The van der Waals surface area contributed by atoms with E-state index in [0.717, 1.165) is 5.56 Å². The van der Waals surface area contributed by atoms with E-state index in [2.05, 4.69) is 10.4 Å². The number of methoxy groups -OCH3 is 3. The van der Waals surface area contributed by atoms with E-state index in [0.29, 0.717) is 62.9 Å². The molecular formula is C28H30N4O6S. The Kier molecular flexibility index (Phi) is 6.94. The van der Waals surface area contributed by atoms with Gasteiger partial charge in [0.05, 0.1) is 66.9 Å². The van der Waals surface area contributed by atoms with Crippen LogP contribution in [0.5, 0.6) is 17.2 Å². The molecule has 1 atom stereocenters. The van der Waals surface area contributed by atoms with Crippen LogP contribution in [0.25, 0.3) is 22.3 Å². The minimum atomic E-state index is -3.17. The van der Waals surface area contributed by atoms with Gasteiger partial charge in [-0.1, -0.05) is 6.07 Å². The van der Waals surface area contributed by atoms with Gasteiger partial charge in [0.2, 0.25) is 0 Å². The van der Waals surface area contributed by atoms with Crippen molar-refractivity contribution in [3.63, 3.8) is 0 Å². The Morgan fingerprint density at radius 1 is 0.974 bits per heavy atom. The van der Waals surface area contributed by atoms with Crippen LogP contribution >= 0.6 is 0 Å². The van der Waals surface area contributed by atoms with Crippen molar-refractivity contribution in [1.29, 1.82) is 0 Å². The van der Waals surface area contributed by atoms with E-state index in [1.807, 2.05) is 25.1 Å². The lowest BCUT2D eigenvalue weighted by molar-refractivity contribution is 0.102. The van der Waals surface area contributed by atoms with Gasteiger partial charge in [-0.2, -0.15) is 5.10 Å². The molecule has 1 amide bonds. The van der Waals surface area contributed by atoms with Gasteiger partial charge in [0, 0.05) is 5.56 Å². The third kappa shape index (κ3) is 5.01. The number of anilines is 1. The molecule has 1 unspecified atom stereocenters. The number of carbonyl (C=O) groups excluding carboxylic acids is 1. The molecule has 0 bridgehead atoms. The number of fused-ring (bicyclic) bond motifs is 1. The van der Waals surface area contributed by atoms with Crippen LogP contribution in [-0.2, 0) is 9.84 Å². The molecule has 0 saturated carbocycles. The first-order chi connectivity index (χ1) is 18.6. The van der Waals surface area contributed by atoms with Gasteiger partial charge in [-0.3, -0.25) is 4.79 Å². The Morgan fingerprint density at radius 2 is 1.69 bits per heavy atom. The summed E-state index contributed by atoms with van der Waals surface area (Å²) in [5.41, 5.74) is 4.09. The predicted octanol–water partition coefficient (Wildman–Crippen LogP) is 4.35. The van der Waals surface area contributed by atoms with Gasteiger partial charge in [0.25, 0.3) is 5.91 Å². The number of rotatable bonds is 7. The summed E-state index contributed by atoms with van der Waals surface area (Å²) in [7, 11) is 1.48. The number of aryl methyl sites for hydroxylation is 2. The zero-order valence-electron chi connectivity index (χ0n) is 22.4. The number of carbonyl (C=O) groups is 1. The van der Waals surface area contributed by atoms with Gasteiger partial charge < -0.3 is 19.5 Å². The predicted molar refractivity (Wildman–Crippen MR) is 149 cm³/mol. The fourth-order valence-electron chi connectivity index (χ4n) is 4.97. The summed E-state index contributed by atoms with van der Waals surface area (Å²) in [6, 6.07) is 12.3. The van der Waals surface area contributed by atoms with E-state index in [1.165, 1.54) is 0 Å². The second-order valence-electron chi connectivity index (χ2n) is 9.57. The number of hydrogen-bond acceptors (Lipinski definition) is 8. The highest BCUT2D eigenvalue weighted by atomic mass is 32.2. The molecule has 11 heteroatoms. The molecule has 39 heavy (non-hydrogen) atoms. The topological polar surface area (TPSA) is 122 Å². The zero-order valence-corrected chi connectivity index (χ0v) is 23.3. The van der Waals surface area contributed by atoms with Crippen molar-refractivity contribution < 1.29 is 27.4 Å². The van der Waals surface area contributed by atoms with Crippen LogP contribution in [0.4, 0.5) is 5.69 Å². The smallest absolute Gasteiger partial charge is 0.256 e. The van der Waals surface area contributed by atoms with Gasteiger partial charge in [-0.05, 0) is 62.2 Å². The van der Waals surface area contributed by atoms with Crippen molar-refractivity contribution in [3.8, 4) is 28.5 Å². The maximum atomic E-state index is 13.8. The van der Waals surface area contributed by atoms with Crippen molar-refractivity contribution in [3.05, 3.63) is 59.3 Å². The lowest BCUT2D eigenvalue weighted by Gasteiger charge is -2.14. The maximum absolute atomic E-state index is 13.8. The number of aromatic nitrogens is 3. The Hall–Kier alpha value is -4.12. The first-order valence-electron chi connectivity index (χ1n) is 12.4. The molecule has 4 aromatic rings. The van der Waals surface area contributed by atoms with Gasteiger partial charge in [0.15, 0.2) is 27.0 Å². The maximum Gasteiger partial charge on any atom is 0.256 e. The molecule has 3 heterocycles. The number of nitrogens with one attached hydrogen (secondary N) is 1. The quantitative estimate of drug-likeness (QED) is 0.360. The largest absolute Gasteiger partial charge is 0.495 e. The second kappa shape index (κ2) is 10.2. The minimum absolute atomic E-state index is 0.0203. The molecule has 1 aliphatic heterocycles. The summed E-state index contributed by atoms with van der Waals surface area (Å²) >= 11 is 0. The SMILES string of the molecule is COc1ccc(C)cc1NC(=O)c1cc(-c2ccc(OC)c(OC)c2)nc2c1c(C)nn2C1CCS(=O)(=O)C1. The number of amides is 1. The van der Waals surface area contributed by atoms with Crippen molar-refractivity contribution in [2.75, 3.05) is 38.2 Å². The Balaban J connectivity index is 1.70. The summed E-state index contributed by atoms with van der Waals surface area (Å²) in [4.78, 5) is 18.7. The molecule has 0 spiro atoms. The highest BCUT2D eigenvalue weighted by Gasteiger charge is 2.32. The number of nitrogens with zero attached hydrogens (tertiary/aromatic N) is 3. The van der Waals surface area contributed by atoms with Crippen LogP contribution in [0.3, 0.4) is 0 Å². The molecule has 1 aliphatic rings. The van der Waals surface area contributed by atoms with Crippen LogP contribution < -0.4 is 19.5 Å². The van der Waals surface area contributed by atoms with Gasteiger partial charge in [-0.15, -0.1) is 0 Å². The summed E-state index contributed by atoms with van der Waals surface area (Å²) in [5, 5.41) is 8.21. The summed E-state index contributed by atoms with van der Waals surface area (Å²) in [5.74, 6) is 1.31. The van der Waals surface area contributed by atoms with E-state index >= 15 is 0 Å². The summed E-state index contributed by atoms with van der Waals surface area (Å²) in [6.07, 6.45) is 0.433. The molecule has 0 aliphatic carbocycles. The molecule has 2 aromatic carbocycles. The second-order valence-corrected chi connectivity index (χ2v) is 11.8. The van der Waals surface area contributed by atoms with Crippen molar-refractivity contribution in [2.24, 2.45) is 0 Å². The molecule has 2 aromatic heterocycles. The summed E-state index contributed by atoms with van der Waals surface area (Å²) < 4.78 is 42.5. The number of benzene rings is 2. The van der Waals surface area contributed by atoms with Crippen molar-refractivity contribution in [2.45, 2.75) is 26.3 Å². The zero-order chi connectivity index (χ0) is 27.9. The summed E-state index contributed by atoms with van der Waals surface area (Å²) in [6.45, 7) is 3.73. The van der Waals surface area contributed by atoms with E-state index in [9.17, 15) is 13.2 Å². The monoisotopic (exact) mass is 550 g/mol.